The molecule has 0 spiro atoms. The van der Waals surface area contributed by atoms with Gasteiger partial charge in [-0.15, -0.1) is 9.43 Å². The topological polar surface area (TPSA) is 135 Å². The molecule has 0 aromatic carbocycles. The van der Waals surface area contributed by atoms with Crippen LogP contribution in [0.4, 0.5) is 5.82 Å². The van der Waals surface area contributed by atoms with Gasteiger partial charge in [0.25, 0.3) is 5.82 Å². The fourth-order valence-electron chi connectivity index (χ4n) is 0.932. The first-order valence-electron chi connectivity index (χ1n) is 3.48. The van der Waals surface area contributed by atoms with Crippen molar-refractivity contribution in [3.05, 3.63) is 0 Å². The van der Waals surface area contributed by atoms with Crippen LogP contribution in [0.2, 0.25) is 0 Å². The van der Waals surface area contributed by atoms with Gasteiger partial charge in [0.15, 0.2) is 10.8 Å². The number of nitrogens with two attached hydrogens (primary N) is 1. The Kier molecular flexibility index (Phi) is 1.11. The molecule has 0 aliphatic rings. The Labute approximate surface area is 74.6 Å². The minimum atomic E-state index is 0.0830. The molecule has 3 aromatic heterocycles. The molecule has 3 aromatic rings. The zero-order valence-electron chi connectivity index (χ0n) is 6.52. The van der Waals surface area contributed by atoms with Gasteiger partial charge >= 0.3 is 5.82 Å². The molecule has 0 unspecified atom stereocenters. The summed E-state index contributed by atoms with van der Waals surface area (Å²) < 4.78 is 8.76. The Morgan fingerprint density at radius 1 is 1.14 bits per heavy atom. The van der Waals surface area contributed by atoms with Gasteiger partial charge in [0.2, 0.25) is 0 Å². The molecule has 0 fully saturated rings. The number of hydrogen-bond donors (Lipinski definition) is 1. The van der Waals surface area contributed by atoms with Crippen LogP contribution in [0.3, 0.4) is 0 Å². The monoisotopic (exact) mass is 194 g/mol. The van der Waals surface area contributed by atoms with Crippen LogP contribution in [0, 0.1) is 0 Å². The van der Waals surface area contributed by atoms with Gasteiger partial charge in [0, 0.05) is 5.16 Å². The van der Waals surface area contributed by atoms with Crippen LogP contribution in [-0.2, 0) is 0 Å². The molecule has 0 saturated carbocycles. The SMILES string of the molecule is Nc1nonc1-[n+]1nc2nonc2[n-]1. The van der Waals surface area contributed by atoms with Gasteiger partial charge in [0.05, 0.1) is 0 Å². The van der Waals surface area contributed by atoms with E-state index in [9.17, 15) is 0 Å². The highest BCUT2D eigenvalue weighted by atomic mass is 16.6. The fraction of sp³-hybridized carbons (Fsp3) is 0. The molecule has 0 bridgehead atoms. The summed E-state index contributed by atoms with van der Waals surface area (Å²) >= 11 is 0. The van der Waals surface area contributed by atoms with E-state index >= 15 is 0 Å². The predicted octanol–water partition coefficient (Wildman–Crippen LogP) is -2.18. The van der Waals surface area contributed by atoms with Gasteiger partial charge in [-0.25, -0.2) is 0 Å². The van der Waals surface area contributed by atoms with Crippen molar-refractivity contribution in [3.8, 4) is 5.82 Å². The van der Waals surface area contributed by atoms with E-state index in [1.165, 1.54) is 0 Å². The molecular weight excluding hydrogens is 192 g/mol. The summed E-state index contributed by atoms with van der Waals surface area (Å²) in [5.74, 6) is 0.268. The van der Waals surface area contributed by atoms with Crippen LogP contribution in [-0.4, -0.2) is 25.7 Å². The van der Waals surface area contributed by atoms with Gasteiger partial charge < -0.3 is 10.4 Å². The highest BCUT2D eigenvalue weighted by molar-refractivity contribution is 5.59. The fourth-order valence-corrected chi connectivity index (χ4v) is 0.932. The van der Waals surface area contributed by atoms with Crippen molar-refractivity contribution in [3.63, 3.8) is 0 Å². The molecule has 0 atom stereocenters. The lowest BCUT2D eigenvalue weighted by Crippen LogP contribution is -2.39. The normalized spacial score (nSPS) is 11.1. The maximum atomic E-state index is 5.43. The highest BCUT2D eigenvalue weighted by Crippen LogP contribution is 2.03. The van der Waals surface area contributed by atoms with Crippen molar-refractivity contribution in [1.29, 1.82) is 0 Å². The zero-order chi connectivity index (χ0) is 9.54. The first-order valence-corrected chi connectivity index (χ1v) is 3.48. The van der Waals surface area contributed by atoms with Crippen LogP contribution < -0.4 is 15.6 Å². The molecule has 0 amide bonds. The third kappa shape index (κ3) is 0.784. The van der Waals surface area contributed by atoms with E-state index in [4.69, 9.17) is 5.73 Å². The number of fused-ring (bicyclic) bond motifs is 1. The van der Waals surface area contributed by atoms with E-state index in [0.717, 1.165) is 4.80 Å². The number of anilines is 1. The van der Waals surface area contributed by atoms with E-state index in [0.29, 0.717) is 0 Å². The first-order chi connectivity index (χ1) is 6.84. The summed E-state index contributed by atoms with van der Waals surface area (Å²) in [6.45, 7) is 0. The summed E-state index contributed by atoms with van der Waals surface area (Å²) in [4.78, 5) is 1.12. The Morgan fingerprint density at radius 3 is 2.71 bits per heavy atom. The number of rotatable bonds is 1. The molecule has 3 rings (SSSR count). The average molecular weight is 194 g/mol. The van der Waals surface area contributed by atoms with Crippen molar-refractivity contribution >= 4 is 17.1 Å². The summed E-state index contributed by atoms with van der Waals surface area (Å²) in [6, 6.07) is 0. The van der Waals surface area contributed by atoms with Gasteiger partial charge in [0.1, 0.15) is 5.65 Å². The van der Waals surface area contributed by atoms with Crippen molar-refractivity contribution in [2.45, 2.75) is 0 Å². The number of nitrogen functional groups attached to an aromatic ring is 1. The van der Waals surface area contributed by atoms with E-state index in [2.05, 4.69) is 40.1 Å². The van der Waals surface area contributed by atoms with E-state index < -0.39 is 0 Å². The maximum absolute atomic E-state index is 5.43. The molecule has 0 aliphatic heterocycles. The maximum Gasteiger partial charge on any atom is 0.440 e. The smallest absolute Gasteiger partial charge is 0.374 e. The quantitative estimate of drug-likeness (QED) is 0.428. The van der Waals surface area contributed by atoms with Crippen molar-refractivity contribution in [1.82, 2.24) is 30.8 Å². The zero-order valence-corrected chi connectivity index (χ0v) is 6.52. The molecule has 3 heterocycles. The number of nitrogens with zero attached hydrogens (tertiary/aromatic N) is 7. The number of hydrogen-bond acceptors (Lipinski definition) is 8. The minimum Gasteiger partial charge on any atom is -0.374 e. The van der Waals surface area contributed by atoms with Crippen molar-refractivity contribution < 1.29 is 14.1 Å². The van der Waals surface area contributed by atoms with Gasteiger partial charge in [-0.1, -0.05) is 5.16 Å². The number of aromatic nitrogens is 7. The molecule has 0 radical (unpaired) electrons. The summed E-state index contributed by atoms with van der Waals surface area (Å²) in [5, 5.41) is 21.6. The standard InChI is InChI=1S/C4H2N8O2/c5-1-4(11-13-8-1)12-6-2-3(7-12)10-14-9-2/h(H2,5,8). The highest BCUT2D eigenvalue weighted by Gasteiger charge is 2.20. The molecule has 14 heavy (non-hydrogen) atoms. The Bertz CT molecular complexity index is 548. The van der Waals surface area contributed by atoms with E-state index in [1.807, 2.05) is 0 Å². The third-order valence-corrected chi connectivity index (χ3v) is 1.52. The molecule has 2 N–H and O–H groups in total. The van der Waals surface area contributed by atoms with Crippen molar-refractivity contribution in [2.24, 2.45) is 0 Å². The predicted molar refractivity (Wildman–Crippen MR) is 36.7 cm³/mol. The minimum absolute atomic E-state index is 0.0830. The lowest BCUT2D eigenvalue weighted by Gasteiger charge is -1.85. The molecule has 0 saturated heterocycles. The second-order valence-electron chi connectivity index (χ2n) is 2.37. The van der Waals surface area contributed by atoms with Crippen molar-refractivity contribution in [2.75, 3.05) is 5.73 Å². The molecule has 10 heteroatoms. The largest absolute Gasteiger partial charge is 0.440 e. The third-order valence-electron chi connectivity index (χ3n) is 1.52. The van der Waals surface area contributed by atoms with Crippen LogP contribution in [0.15, 0.2) is 9.26 Å². The average Bonchev–Trinajstić information content (AvgIpc) is 2.75. The Morgan fingerprint density at radius 2 is 2.00 bits per heavy atom. The first kappa shape index (κ1) is 6.94. The van der Waals surface area contributed by atoms with Crippen LogP contribution in [0.1, 0.15) is 0 Å². The molecule has 10 nitrogen and oxygen atoms in total. The van der Waals surface area contributed by atoms with Crippen LogP contribution in [0.5, 0.6) is 0 Å². The van der Waals surface area contributed by atoms with Gasteiger partial charge in [-0.3, -0.25) is 0 Å². The Balaban J connectivity index is 2.23. The molecular formula is C4H2N8O2. The van der Waals surface area contributed by atoms with Gasteiger partial charge in [-0.05, 0) is 0 Å². The Hall–Kier alpha value is -2.52. The molecule has 0 aliphatic carbocycles. The lowest BCUT2D eigenvalue weighted by atomic mass is 10.7. The summed E-state index contributed by atoms with van der Waals surface area (Å²) in [5.41, 5.74) is 5.94. The van der Waals surface area contributed by atoms with E-state index in [-0.39, 0.29) is 22.9 Å². The second-order valence-corrected chi connectivity index (χ2v) is 2.37. The van der Waals surface area contributed by atoms with Crippen LogP contribution in [0.25, 0.3) is 17.1 Å². The van der Waals surface area contributed by atoms with E-state index in [1.54, 1.807) is 0 Å². The van der Waals surface area contributed by atoms with Crippen LogP contribution >= 0.6 is 0 Å². The lowest BCUT2D eigenvalue weighted by molar-refractivity contribution is -0.719. The molecule has 70 valence electrons. The second kappa shape index (κ2) is 2.25. The summed E-state index contributed by atoms with van der Waals surface area (Å²) in [6.07, 6.45) is 0. The summed E-state index contributed by atoms with van der Waals surface area (Å²) in [7, 11) is 0. The van der Waals surface area contributed by atoms with Gasteiger partial charge in [-0.2, -0.15) is 15.4 Å².